The first kappa shape index (κ1) is 22.4. The largest absolute Gasteiger partial charge is 0.495 e. The molecule has 0 aliphatic carbocycles. The first-order valence-corrected chi connectivity index (χ1v) is 10.8. The molecule has 0 unspecified atom stereocenters. The van der Waals surface area contributed by atoms with Crippen LogP contribution in [-0.4, -0.2) is 25.5 Å². The van der Waals surface area contributed by atoms with Crippen LogP contribution in [0.3, 0.4) is 0 Å². The lowest BCUT2D eigenvalue weighted by atomic mass is 10.0. The van der Waals surface area contributed by atoms with Crippen molar-refractivity contribution in [1.29, 1.82) is 0 Å². The molecular formula is C26H23ClN2O4. The first-order chi connectivity index (χ1) is 15.9. The second kappa shape index (κ2) is 9.38. The summed E-state index contributed by atoms with van der Waals surface area (Å²) in [5, 5.41) is 3.69. The number of benzene rings is 3. The number of anilines is 2. The summed E-state index contributed by atoms with van der Waals surface area (Å²) in [5.41, 5.74) is 2.92. The van der Waals surface area contributed by atoms with Crippen molar-refractivity contribution >= 4 is 40.4 Å². The molecule has 168 valence electrons. The molecule has 33 heavy (non-hydrogen) atoms. The van der Waals surface area contributed by atoms with Gasteiger partial charge in [0.1, 0.15) is 17.2 Å². The molecule has 0 fully saturated rings. The van der Waals surface area contributed by atoms with Crippen molar-refractivity contribution in [3.05, 3.63) is 88.6 Å². The summed E-state index contributed by atoms with van der Waals surface area (Å²) in [6, 6.07) is 19.3. The number of para-hydroxylation sites is 2. The van der Waals surface area contributed by atoms with Crippen LogP contribution in [0.15, 0.2) is 72.4 Å². The maximum Gasteiger partial charge on any atom is 0.282 e. The van der Waals surface area contributed by atoms with Crippen LogP contribution in [0.1, 0.15) is 18.1 Å². The molecule has 0 saturated heterocycles. The van der Waals surface area contributed by atoms with E-state index in [4.69, 9.17) is 21.1 Å². The predicted molar refractivity (Wildman–Crippen MR) is 130 cm³/mol. The third kappa shape index (κ3) is 4.30. The minimum Gasteiger partial charge on any atom is -0.495 e. The molecule has 4 rings (SSSR count). The maximum atomic E-state index is 13.6. The van der Waals surface area contributed by atoms with Gasteiger partial charge in [-0.3, -0.25) is 9.59 Å². The van der Waals surface area contributed by atoms with Gasteiger partial charge >= 0.3 is 0 Å². The summed E-state index contributed by atoms with van der Waals surface area (Å²) >= 11 is 6.18. The number of carbonyl (C=O) groups excluding carboxylic acids is 2. The fourth-order valence-electron chi connectivity index (χ4n) is 3.69. The van der Waals surface area contributed by atoms with Crippen LogP contribution in [0.4, 0.5) is 11.4 Å². The second-order valence-corrected chi connectivity index (χ2v) is 7.85. The zero-order valence-electron chi connectivity index (χ0n) is 18.5. The number of nitrogens with zero attached hydrogens (tertiary/aromatic N) is 1. The fraction of sp³-hybridized carbons (Fsp3) is 0.154. The molecule has 0 bridgehead atoms. The molecule has 1 aliphatic rings. The maximum absolute atomic E-state index is 13.6. The lowest BCUT2D eigenvalue weighted by molar-refractivity contribution is -0.120. The summed E-state index contributed by atoms with van der Waals surface area (Å²) in [5.74, 6) is 0.175. The molecule has 0 spiro atoms. The summed E-state index contributed by atoms with van der Waals surface area (Å²) in [4.78, 5) is 28.4. The molecule has 6 nitrogen and oxygen atoms in total. The van der Waals surface area contributed by atoms with Gasteiger partial charge in [0, 0.05) is 10.7 Å². The minimum absolute atomic E-state index is 0.167. The van der Waals surface area contributed by atoms with Gasteiger partial charge in [0.25, 0.3) is 11.8 Å². The predicted octanol–water partition coefficient (Wildman–Crippen LogP) is 5.45. The topological polar surface area (TPSA) is 67.9 Å². The Bertz CT molecular complexity index is 1250. The Morgan fingerprint density at radius 3 is 2.39 bits per heavy atom. The Kier molecular flexibility index (Phi) is 6.38. The number of methoxy groups -OCH3 is 1. The van der Waals surface area contributed by atoms with E-state index in [9.17, 15) is 9.59 Å². The highest BCUT2D eigenvalue weighted by molar-refractivity contribution is 6.46. The number of carbonyl (C=O) groups is 2. The third-order valence-electron chi connectivity index (χ3n) is 5.32. The molecule has 0 atom stereocenters. The van der Waals surface area contributed by atoms with Crippen molar-refractivity contribution in [3.8, 4) is 11.5 Å². The van der Waals surface area contributed by atoms with Gasteiger partial charge in [0.05, 0.1) is 25.0 Å². The average molecular weight is 463 g/mol. The van der Waals surface area contributed by atoms with Crippen LogP contribution in [0.25, 0.3) is 5.57 Å². The molecule has 1 aliphatic heterocycles. The first-order valence-electron chi connectivity index (χ1n) is 10.5. The lowest BCUT2D eigenvalue weighted by Crippen LogP contribution is -2.32. The SMILES string of the molecule is CCOc1ccc(C2=C(Nc3cc(Cl)ccc3C)C(=O)N(c3ccccc3OC)C2=O)cc1. The number of amides is 2. The average Bonchev–Trinajstić information content (AvgIpc) is 3.06. The highest BCUT2D eigenvalue weighted by Gasteiger charge is 2.41. The number of imide groups is 1. The Hall–Kier alpha value is -3.77. The molecule has 3 aromatic carbocycles. The van der Waals surface area contributed by atoms with Crippen molar-refractivity contribution in [3.63, 3.8) is 0 Å². The van der Waals surface area contributed by atoms with E-state index in [2.05, 4.69) is 5.32 Å². The van der Waals surface area contributed by atoms with Crippen LogP contribution >= 0.6 is 11.6 Å². The summed E-state index contributed by atoms with van der Waals surface area (Å²) in [6.07, 6.45) is 0. The van der Waals surface area contributed by atoms with Crippen LogP contribution in [-0.2, 0) is 9.59 Å². The lowest BCUT2D eigenvalue weighted by Gasteiger charge is -2.18. The van der Waals surface area contributed by atoms with Crippen LogP contribution in [0, 0.1) is 6.92 Å². The van der Waals surface area contributed by atoms with Crippen molar-refractivity contribution in [2.24, 2.45) is 0 Å². The summed E-state index contributed by atoms with van der Waals surface area (Å²) < 4.78 is 10.9. The van der Waals surface area contributed by atoms with Gasteiger partial charge in [-0.25, -0.2) is 4.90 Å². The molecule has 3 aromatic rings. The number of halogens is 1. The molecule has 7 heteroatoms. The standard InChI is InChI=1S/C26H23ClN2O4/c1-4-33-19-13-10-17(11-14-19)23-24(28-20-15-18(27)12-9-16(20)2)26(31)29(25(23)30)21-7-5-6-8-22(21)32-3/h5-15,28H,4H2,1-3H3. The smallest absolute Gasteiger partial charge is 0.282 e. The van der Waals surface area contributed by atoms with Gasteiger partial charge in [0.2, 0.25) is 0 Å². The number of rotatable bonds is 7. The molecule has 0 radical (unpaired) electrons. The second-order valence-electron chi connectivity index (χ2n) is 7.41. The number of hydrogen-bond donors (Lipinski definition) is 1. The third-order valence-corrected chi connectivity index (χ3v) is 5.56. The van der Waals surface area contributed by atoms with E-state index in [0.29, 0.717) is 40.1 Å². The molecule has 1 heterocycles. The van der Waals surface area contributed by atoms with Crippen LogP contribution < -0.4 is 19.7 Å². The number of ether oxygens (including phenoxy) is 2. The monoisotopic (exact) mass is 462 g/mol. The van der Waals surface area contributed by atoms with E-state index in [1.807, 2.05) is 19.9 Å². The van der Waals surface area contributed by atoms with E-state index in [-0.39, 0.29) is 11.3 Å². The Morgan fingerprint density at radius 2 is 1.70 bits per heavy atom. The van der Waals surface area contributed by atoms with Gasteiger partial charge < -0.3 is 14.8 Å². The Balaban J connectivity index is 1.84. The van der Waals surface area contributed by atoms with E-state index < -0.39 is 11.8 Å². The van der Waals surface area contributed by atoms with Gasteiger partial charge in [-0.2, -0.15) is 0 Å². The van der Waals surface area contributed by atoms with Crippen LogP contribution in [0.5, 0.6) is 11.5 Å². The van der Waals surface area contributed by atoms with Crippen molar-refractivity contribution in [2.45, 2.75) is 13.8 Å². The van der Waals surface area contributed by atoms with E-state index in [0.717, 1.165) is 10.5 Å². The zero-order chi connectivity index (χ0) is 23.5. The molecule has 0 aromatic heterocycles. The summed E-state index contributed by atoms with van der Waals surface area (Å²) in [7, 11) is 1.50. The molecular weight excluding hydrogens is 440 g/mol. The van der Waals surface area contributed by atoms with E-state index in [1.54, 1.807) is 60.7 Å². The molecule has 0 saturated carbocycles. The summed E-state index contributed by atoms with van der Waals surface area (Å²) in [6.45, 7) is 4.33. The minimum atomic E-state index is -0.479. The van der Waals surface area contributed by atoms with Gasteiger partial charge in [0.15, 0.2) is 0 Å². The number of aryl methyl sites for hydroxylation is 1. The van der Waals surface area contributed by atoms with Gasteiger partial charge in [-0.15, -0.1) is 0 Å². The van der Waals surface area contributed by atoms with Crippen LogP contribution in [0.2, 0.25) is 5.02 Å². The molecule has 1 N–H and O–H groups in total. The Labute approximate surface area is 197 Å². The Morgan fingerprint density at radius 1 is 0.970 bits per heavy atom. The fourth-order valence-corrected chi connectivity index (χ4v) is 3.87. The van der Waals surface area contributed by atoms with Gasteiger partial charge in [-0.05, 0) is 61.4 Å². The normalized spacial score (nSPS) is 13.5. The number of hydrogen-bond acceptors (Lipinski definition) is 5. The van der Waals surface area contributed by atoms with Crippen molar-refractivity contribution in [2.75, 3.05) is 23.9 Å². The number of nitrogens with one attached hydrogen (secondary N) is 1. The quantitative estimate of drug-likeness (QED) is 0.473. The van der Waals surface area contributed by atoms with Crippen molar-refractivity contribution in [1.82, 2.24) is 0 Å². The van der Waals surface area contributed by atoms with E-state index in [1.165, 1.54) is 7.11 Å². The highest BCUT2D eigenvalue weighted by atomic mass is 35.5. The molecule has 2 amide bonds. The zero-order valence-corrected chi connectivity index (χ0v) is 19.3. The van der Waals surface area contributed by atoms with E-state index >= 15 is 0 Å². The highest BCUT2D eigenvalue weighted by Crippen LogP contribution is 2.38. The van der Waals surface area contributed by atoms with Gasteiger partial charge in [-0.1, -0.05) is 41.9 Å². The van der Waals surface area contributed by atoms with Crippen molar-refractivity contribution < 1.29 is 19.1 Å².